The third kappa shape index (κ3) is 3.37. The van der Waals surface area contributed by atoms with Gasteiger partial charge in [0, 0.05) is 25.4 Å². The van der Waals surface area contributed by atoms with Gasteiger partial charge in [-0.1, -0.05) is 6.07 Å². The van der Waals surface area contributed by atoms with E-state index in [0.29, 0.717) is 13.0 Å². The molecule has 6 nitrogen and oxygen atoms in total. The molecule has 7 heteroatoms. The number of hydrogen-bond donors (Lipinski definition) is 1. The first kappa shape index (κ1) is 14.5. The van der Waals surface area contributed by atoms with E-state index >= 15 is 0 Å². The van der Waals surface area contributed by atoms with E-state index in [1.165, 1.54) is 6.07 Å². The maximum absolute atomic E-state index is 11.5. The Bertz CT molecular complexity index is 707. The van der Waals surface area contributed by atoms with E-state index in [4.69, 9.17) is 9.88 Å². The van der Waals surface area contributed by atoms with Gasteiger partial charge in [-0.15, -0.1) is 0 Å². The maximum Gasteiger partial charge on any atom is 0.241 e. The average molecular weight is 295 g/mol. The normalized spacial score (nSPS) is 11.6. The van der Waals surface area contributed by atoms with Gasteiger partial charge in [-0.2, -0.15) is 5.10 Å². The lowest BCUT2D eigenvalue weighted by molar-refractivity contribution is 0.310. The molecule has 0 amide bonds. The van der Waals surface area contributed by atoms with E-state index in [-0.39, 0.29) is 10.6 Å². The summed E-state index contributed by atoms with van der Waals surface area (Å²) in [4.78, 5) is 0.0162. The summed E-state index contributed by atoms with van der Waals surface area (Å²) in [5, 5.41) is 9.25. The molecule has 2 rings (SSSR count). The van der Waals surface area contributed by atoms with Gasteiger partial charge in [0.2, 0.25) is 10.0 Å². The number of sulfonamides is 1. The van der Waals surface area contributed by atoms with Crippen molar-refractivity contribution in [1.82, 2.24) is 9.78 Å². The number of primary sulfonamides is 1. The molecule has 0 aliphatic heterocycles. The van der Waals surface area contributed by atoms with Gasteiger partial charge < -0.3 is 4.74 Å². The Morgan fingerprint density at radius 3 is 2.70 bits per heavy atom. The monoisotopic (exact) mass is 295 g/mol. The molecule has 1 heterocycles. The van der Waals surface area contributed by atoms with E-state index in [1.807, 2.05) is 13.1 Å². The van der Waals surface area contributed by atoms with Crippen LogP contribution in [0.25, 0.3) is 0 Å². The molecule has 2 aromatic rings. The molecule has 1 aromatic carbocycles. The minimum atomic E-state index is -3.79. The first-order chi connectivity index (χ1) is 9.38. The predicted octanol–water partition coefficient (Wildman–Crippen LogP) is 0.997. The second kappa shape index (κ2) is 5.64. The van der Waals surface area contributed by atoms with Crippen molar-refractivity contribution in [1.29, 1.82) is 0 Å². The average Bonchev–Trinajstić information content (AvgIpc) is 2.76. The molecule has 20 heavy (non-hydrogen) atoms. The van der Waals surface area contributed by atoms with Crippen molar-refractivity contribution in [3.05, 3.63) is 41.7 Å². The number of ether oxygens (including phenoxy) is 1. The van der Waals surface area contributed by atoms with Gasteiger partial charge in [0.25, 0.3) is 0 Å². The molecule has 0 radical (unpaired) electrons. The van der Waals surface area contributed by atoms with Gasteiger partial charge in [-0.25, -0.2) is 13.6 Å². The molecule has 0 spiro atoms. The largest absolute Gasteiger partial charge is 0.492 e. The van der Waals surface area contributed by atoms with Crippen molar-refractivity contribution in [3.63, 3.8) is 0 Å². The Morgan fingerprint density at radius 1 is 1.35 bits per heavy atom. The van der Waals surface area contributed by atoms with Gasteiger partial charge in [0.05, 0.1) is 6.61 Å². The highest BCUT2D eigenvalue weighted by Gasteiger charge is 2.15. The van der Waals surface area contributed by atoms with E-state index in [2.05, 4.69) is 5.10 Å². The quantitative estimate of drug-likeness (QED) is 0.891. The van der Waals surface area contributed by atoms with Crippen molar-refractivity contribution in [2.24, 2.45) is 12.2 Å². The smallest absolute Gasteiger partial charge is 0.241 e. The van der Waals surface area contributed by atoms with Crippen LogP contribution in [0.5, 0.6) is 5.75 Å². The topological polar surface area (TPSA) is 87.2 Å². The standard InChI is InChI=1S/C13H17N3O3S/c1-10-3-4-12(13(9-10)20(14,17)18)19-8-6-11-5-7-15-16(11)2/h3-5,7,9H,6,8H2,1-2H3,(H2,14,17,18). The van der Waals surface area contributed by atoms with Crippen LogP contribution in [0.2, 0.25) is 0 Å². The molecular formula is C13H17N3O3S. The highest BCUT2D eigenvalue weighted by atomic mass is 32.2. The molecular weight excluding hydrogens is 278 g/mol. The van der Waals surface area contributed by atoms with Crippen molar-refractivity contribution < 1.29 is 13.2 Å². The number of rotatable bonds is 5. The molecule has 1 aromatic heterocycles. The SMILES string of the molecule is Cc1ccc(OCCc2ccnn2C)c(S(N)(=O)=O)c1. The van der Waals surface area contributed by atoms with E-state index in [1.54, 1.807) is 29.9 Å². The van der Waals surface area contributed by atoms with Crippen molar-refractivity contribution in [2.75, 3.05) is 6.61 Å². The second-order valence-corrected chi connectivity index (χ2v) is 6.07. The summed E-state index contributed by atoms with van der Waals surface area (Å²) in [7, 11) is -1.95. The van der Waals surface area contributed by atoms with Crippen LogP contribution in [0, 0.1) is 6.92 Å². The summed E-state index contributed by atoms with van der Waals surface area (Å²) >= 11 is 0. The fourth-order valence-corrected chi connectivity index (χ4v) is 2.63. The first-order valence-corrected chi connectivity index (χ1v) is 7.65. The molecule has 0 aliphatic rings. The maximum atomic E-state index is 11.5. The van der Waals surface area contributed by atoms with Crippen LogP contribution < -0.4 is 9.88 Å². The van der Waals surface area contributed by atoms with E-state index < -0.39 is 10.0 Å². The molecule has 0 saturated heterocycles. The summed E-state index contributed by atoms with van der Waals surface area (Å²) in [5.41, 5.74) is 1.82. The highest BCUT2D eigenvalue weighted by Crippen LogP contribution is 2.24. The van der Waals surface area contributed by atoms with Crippen molar-refractivity contribution in [2.45, 2.75) is 18.2 Å². The molecule has 0 aliphatic carbocycles. The Kier molecular flexibility index (Phi) is 4.10. The minimum absolute atomic E-state index is 0.0162. The van der Waals surface area contributed by atoms with Gasteiger partial charge in [0.15, 0.2) is 0 Å². The summed E-state index contributed by atoms with van der Waals surface area (Å²) in [6.07, 6.45) is 2.34. The predicted molar refractivity (Wildman–Crippen MR) is 75.0 cm³/mol. The van der Waals surface area contributed by atoms with E-state index in [0.717, 1.165) is 11.3 Å². The van der Waals surface area contributed by atoms with Crippen LogP contribution in [0.15, 0.2) is 35.4 Å². The van der Waals surface area contributed by atoms with Gasteiger partial charge in [0.1, 0.15) is 10.6 Å². The number of aromatic nitrogens is 2. The number of nitrogens with zero attached hydrogens (tertiary/aromatic N) is 2. The van der Waals surface area contributed by atoms with Gasteiger partial charge >= 0.3 is 0 Å². The second-order valence-electron chi connectivity index (χ2n) is 4.54. The summed E-state index contributed by atoms with van der Waals surface area (Å²) in [5.74, 6) is 0.278. The van der Waals surface area contributed by atoms with Crippen molar-refractivity contribution >= 4 is 10.0 Å². The molecule has 0 bridgehead atoms. The van der Waals surface area contributed by atoms with Crippen LogP contribution >= 0.6 is 0 Å². The van der Waals surface area contributed by atoms with Crippen LogP contribution in [0.1, 0.15) is 11.3 Å². The lowest BCUT2D eigenvalue weighted by Crippen LogP contribution is -2.15. The third-order valence-corrected chi connectivity index (χ3v) is 3.88. The Balaban J connectivity index is 2.12. The molecule has 108 valence electrons. The van der Waals surface area contributed by atoms with Crippen LogP contribution in [-0.2, 0) is 23.5 Å². The lowest BCUT2D eigenvalue weighted by Gasteiger charge is -2.11. The fraction of sp³-hybridized carbons (Fsp3) is 0.308. The third-order valence-electron chi connectivity index (χ3n) is 2.94. The molecule has 0 atom stereocenters. The van der Waals surface area contributed by atoms with Gasteiger partial charge in [-0.05, 0) is 30.7 Å². The number of hydrogen-bond acceptors (Lipinski definition) is 4. The Morgan fingerprint density at radius 2 is 2.10 bits per heavy atom. The molecule has 0 fully saturated rings. The summed E-state index contributed by atoms with van der Waals surface area (Å²) < 4.78 is 30.4. The fourth-order valence-electron chi connectivity index (χ4n) is 1.87. The Hall–Kier alpha value is -1.86. The van der Waals surface area contributed by atoms with Gasteiger partial charge in [-0.3, -0.25) is 4.68 Å². The molecule has 0 unspecified atom stereocenters. The first-order valence-electron chi connectivity index (χ1n) is 6.11. The Labute approximate surface area is 118 Å². The lowest BCUT2D eigenvalue weighted by atomic mass is 10.2. The van der Waals surface area contributed by atoms with E-state index in [9.17, 15) is 8.42 Å². The highest BCUT2D eigenvalue weighted by molar-refractivity contribution is 7.89. The van der Waals surface area contributed by atoms with Crippen LogP contribution in [0.3, 0.4) is 0 Å². The summed E-state index contributed by atoms with van der Waals surface area (Å²) in [6, 6.07) is 6.81. The zero-order valence-electron chi connectivity index (χ0n) is 11.4. The number of nitrogens with two attached hydrogens (primary N) is 1. The number of aryl methyl sites for hydroxylation is 2. The summed E-state index contributed by atoms with van der Waals surface area (Å²) in [6.45, 7) is 2.15. The molecule has 2 N–H and O–H groups in total. The minimum Gasteiger partial charge on any atom is -0.492 e. The van der Waals surface area contributed by atoms with Crippen LogP contribution in [0.4, 0.5) is 0 Å². The van der Waals surface area contributed by atoms with Crippen LogP contribution in [-0.4, -0.2) is 24.8 Å². The molecule has 0 saturated carbocycles. The van der Waals surface area contributed by atoms with Crippen molar-refractivity contribution in [3.8, 4) is 5.75 Å². The zero-order chi connectivity index (χ0) is 14.8. The number of benzene rings is 1. The zero-order valence-corrected chi connectivity index (χ0v) is 12.2.